The lowest BCUT2D eigenvalue weighted by Gasteiger charge is -2.11. The average Bonchev–Trinajstić information content (AvgIpc) is 3.33. The monoisotopic (exact) mass is 438 g/mol. The van der Waals surface area contributed by atoms with E-state index in [1.807, 2.05) is 0 Å². The van der Waals surface area contributed by atoms with Gasteiger partial charge in [0.15, 0.2) is 23.9 Å². The van der Waals surface area contributed by atoms with Crippen LogP contribution in [0.15, 0.2) is 70.4 Å². The normalized spacial score (nSPS) is 10.5. The predicted molar refractivity (Wildman–Crippen MR) is 114 cm³/mol. The number of carbonyl (C=O) groups excluding carboxylic acids is 2. The molecule has 0 bridgehead atoms. The number of amides is 2. The number of hydrogen-bond acceptors (Lipinski definition) is 8. The van der Waals surface area contributed by atoms with Gasteiger partial charge < -0.3 is 19.2 Å². The summed E-state index contributed by atoms with van der Waals surface area (Å²) in [5.74, 6) is -0.216. The third-order valence-corrected chi connectivity index (χ3v) is 4.01. The average molecular weight is 438 g/mol. The molecule has 0 aliphatic carbocycles. The third-order valence-electron chi connectivity index (χ3n) is 4.01. The fraction of sp³-hybridized carbons (Fsp3) is 0.0952. The van der Waals surface area contributed by atoms with Crippen LogP contribution in [0.3, 0.4) is 0 Å². The lowest BCUT2D eigenvalue weighted by Crippen LogP contribution is -2.20. The van der Waals surface area contributed by atoms with E-state index in [4.69, 9.17) is 13.9 Å². The molecule has 0 saturated carbocycles. The number of ether oxygens (including phenoxy) is 2. The number of rotatable bonds is 9. The van der Waals surface area contributed by atoms with Crippen LogP contribution in [0, 0.1) is 10.1 Å². The number of non-ortho nitro benzene ring substituents is 1. The second-order valence-corrected chi connectivity index (χ2v) is 6.23. The van der Waals surface area contributed by atoms with E-state index in [2.05, 4.69) is 15.8 Å². The Bertz CT molecular complexity index is 1140. The van der Waals surface area contributed by atoms with Gasteiger partial charge in [0.1, 0.15) is 0 Å². The lowest BCUT2D eigenvalue weighted by atomic mass is 10.2. The standard InChI is InChI=1S/C21H18N4O7/c1-30-19-10-14(12-22-24-21(27)18-6-3-9-31-18)7-8-17(19)32-13-20(26)23-15-4-2-5-16(11-15)25(28)29/h2-12H,13H2,1H3,(H,23,26)(H,24,27)/b22-12-. The summed E-state index contributed by atoms with van der Waals surface area (Å²) in [5, 5.41) is 17.2. The second kappa shape index (κ2) is 10.4. The molecule has 0 saturated heterocycles. The molecule has 0 atom stereocenters. The van der Waals surface area contributed by atoms with Gasteiger partial charge in [-0.1, -0.05) is 6.07 Å². The van der Waals surface area contributed by atoms with Gasteiger partial charge in [-0.05, 0) is 42.0 Å². The first-order valence-electron chi connectivity index (χ1n) is 9.18. The SMILES string of the molecule is COc1cc(/C=N\NC(=O)c2ccco2)ccc1OCC(=O)Nc1cccc([N+](=O)[O-])c1. The van der Waals surface area contributed by atoms with Crippen molar-refractivity contribution in [3.63, 3.8) is 0 Å². The van der Waals surface area contributed by atoms with Crippen LogP contribution < -0.4 is 20.2 Å². The number of hydrogen-bond donors (Lipinski definition) is 2. The first kappa shape index (κ1) is 22.0. The summed E-state index contributed by atoms with van der Waals surface area (Å²) < 4.78 is 15.7. The van der Waals surface area contributed by atoms with E-state index in [-0.39, 0.29) is 23.7 Å². The molecule has 0 aliphatic rings. The Labute approximate surface area is 181 Å². The third kappa shape index (κ3) is 5.92. The molecule has 32 heavy (non-hydrogen) atoms. The van der Waals surface area contributed by atoms with Gasteiger partial charge >= 0.3 is 5.91 Å². The van der Waals surface area contributed by atoms with Crippen molar-refractivity contribution in [1.29, 1.82) is 0 Å². The minimum absolute atomic E-state index is 0.131. The number of furan rings is 1. The summed E-state index contributed by atoms with van der Waals surface area (Å²) in [6.45, 7) is -0.342. The lowest BCUT2D eigenvalue weighted by molar-refractivity contribution is -0.384. The highest BCUT2D eigenvalue weighted by atomic mass is 16.6. The van der Waals surface area contributed by atoms with Crippen LogP contribution in [-0.2, 0) is 4.79 Å². The number of carbonyl (C=O) groups is 2. The molecular weight excluding hydrogens is 420 g/mol. The highest BCUT2D eigenvalue weighted by molar-refractivity contribution is 5.93. The summed E-state index contributed by atoms with van der Waals surface area (Å²) in [6, 6.07) is 13.5. The fourth-order valence-electron chi connectivity index (χ4n) is 2.55. The number of nitro groups is 1. The largest absolute Gasteiger partial charge is 0.493 e. The van der Waals surface area contributed by atoms with Crippen LogP contribution in [0.1, 0.15) is 16.1 Å². The fourth-order valence-corrected chi connectivity index (χ4v) is 2.55. The first-order valence-corrected chi connectivity index (χ1v) is 9.18. The van der Waals surface area contributed by atoms with Gasteiger partial charge in [0.05, 0.1) is 24.5 Å². The highest BCUT2D eigenvalue weighted by Crippen LogP contribution is 2.27. The van der Waals surface area contributed by atoms with Crippen molar-refractivity contribution in [2.45, 2.75) is 0 Å². The first-order chi connectivity index (χ1) is 15.5. The Hall–Kier alpha value is -4.67. The number of nitrogens with zero attached hydrogens (tertiary/aromatic N) is 2. The molecule has 0 spiro atoms. The van der Waals surface area contributed by atoms with Gasteiger partial charge in [-0.3, -0.25) is 19.7 Å². The van der Waals surface area contributed by atoms with Gasteiger partial charge in [0.25, 0.3) is 11.6 Å². The van der Waals surface area contributed by atoms with Crippen LogP contribution in [0.2, 0.25) is 0 Å². The van der Waals surface area contributed by atoms with Crippen molar-refractivity contribution in [3.05, 3.63) is 82.3 Å². The van der Waals surface area contributed by atoms with Crippen LogP contribution in [0.25, 0.3) is 0 Å². The minimum atomic E-state index is -0.551. The number of methoxy groups -OCH3 is 1. The molecule has 1 heterocycles. The van der Waals surface area contributed by atoms with E-state index < -0.39 is 16.7 Å². The Morgan fingerprint density at radius 1 is 1.16 bits per heavy atom. The number of anilines is 1. The van der Waals surface area contributed by atoms with Crippen molar-refractivity contribution in [1.82, 2.24) is 5.43 Å². The maximum atomic E-state index is 12.1. The summed E-state index contributed by atoms with van der Waals surface area (Å²) in [7, 11) is 1.44. The number of nitro benzene ring substituents is 1. The van der Waals surface area contributed by atoms with Gasteiger partial charge in [0.2, 0.25) is 0 Å². The van der Waals surface area contributed by atoms with Gasteiger partial charge in [-0.25, -0.2) is 5.43 Å². The van der Waals surface area contributed by atoms with E-state index in [0.29, 0.717) is 17.1 Å². The molecule has 0 unspecified atom stereocenters. The zero-order chi connectivity index (χ0) is 22.9. The molecule has 11 nitrogen and oxygen atoms in total. The molecule has 2 N–H and O–H groups in total. The molecule has 2 aromatic carbocycles. The van der Waals surface area contributed by atoms with E-state index in [1.165, 1.54) is 49.9 Å². The highest BCUT2D eigenvalue weighted by Gasteiger charge is 2.11. The molecule has 1 aromatic heterocycles. The molecule has 3 rings (SSSR count). The van der Waals surface area contributed by atoms with Crippen LogP contribution >= 0.6 is 0 Å². The van der Waals surface area contributed by atoms with E-state index in [0.717, 1.165) is 0 Å². The van der Waals surface area contributed by atoms with Crippen molar-refractivity contribution < 1.29 is 28.4 Å². The summed E-state index contributed by atoms with van der Waals surface area (Å²) in [5.41, 5.74) is 3.08. The van der Waals surface area contributed by atoms with Crippen LogP contribution in [0.4, 0.5) is 11.4 Å². The molecule has 0 aliphatic heterocycles. The molecule has 2 amide bonds. The second-order valence-electron chi connectivity index (χ2n) is 6.23. The Morgan fingerprint density at radius 3 is 2.72 bits per heavy atom. The molecule has 11 heteroatoms. The van der Waals surface area contributed by atoms with Crippen molar-refractivity contribution in [3.8, 4) is 11.5 Å². The Kier molecular flexibility index (Phi) is 7.15. The summed E-state index contributed by atoms with van der Waals surface area (Å²) in [6.07, 6.45) is 2.79. The molecule has 0 radical (unpaired) electrons. The Balaban J connectivity index is 1.56. The van der Waals surface area contributed by atoms with Crippen molar-refractivity contribution >= 4 is 29.4 Å². The maximum Gasteiger partial charge on any atom is 0.307 e. The summed E-state index contributed by atoms with van der Waals surface area (Å²) >= 11 is 0. The van der Waals surface area contributed by atoms with Crippen molar-refractivity contribution in [2.75, 3.05) is 19.0 Å². The predicted octanol–water partition coefficient (Wildman–Crippen LogP) is 2.98. The maximum absolute atomic E-state index is 12.1. The van der Waals surface area contributed by atoms with Gasteiger partial charge in [0, 0.05) is 17.8 Å². The number of nitrogens with one attached hydrogen (secondary N) is 2. The number of benzene rings is 2. The van der Waals surface area contributed by atoms with E-state index in [1.54, 1.807) is 24.3 Å². The topological polar surface area (TPSA) is 145 Å². The molecular formula is C21H18N4O7. The van der Waals surface area contributed by atoms with Crippen molar-refractivity contribution in [2.24, 2.45) is 5.10 Å². The van der Waals surface area contributed by atoms with E-state index in [9.17, 15) is 19.7 Å². The Morgan fingerprint density at radius 2 is 2.00 bits per heavy atom. The smallest absolute Gasteiger partial charge is 0.307 e. The van der Waals surface area contributed by atoms with Gasteiger partial charge in [-0.2, -0.15) is 5.10 Å². The van der Waals surface area contributed by atoms with Gasteiger partial charge in [-0.15, -0.1) is 0 Å². The zero-order valence-corrected chi connectivity index (χ0v) is 16.8. The molecule has 0 fully saturated rings. The van der Waals surface area contributed by atoms with Crippen LogP contribution in [-0.4, -0.2) is 36.7 Å². The number of hydrazone groups is 1. The minimum Gasteiger partial charge on any atom is -0.493 e. The molecule has 3 aromatic rings. The molecule has 164 valence electrons. The summed E-state index contributed by atoms with van der Waals surface area (Å²) in [4.78, 5) is 34.2. The van der Waals surface area contributed by atoms with E-state index >= 15 is 0 Å². The van der Waals surface area contributed by atoms with Crippen LogP contribution in [0.5, 0.6) is 11.5 Å². The zero-order valence-electron chi connectivity index (χ0n) is 16.8. The quantitative estimate of drug-likeness (QED) is 0.297.